The number of anilines is 1. The summed E-state index contributed by atoms with van der Waals surface area (Å²) in [5.41, 5.74) is 2.69. The van der Waals surface area contributed by atoms with E-state index in [1.165, 1.54) is 12.1 Å². The minimum Gasteiger partial charge on any atom is -0.349 e. The number of para-hydroxylation sites is 1. The van der Waals surface area contributed by atoms with Crippen LogP contribution >= 0.6 is 0 Å². The molecular weight excluding hydrogens is 550 g/mol. The Hall–Kier alpha value is -6.18. The molecule has 2 unspecified atom stereocenters. The standard InChI is InChI=1S/C37H21N3O4/c1-20-10-2-9-17-29(20)40-32(30-27(18-38)34(41)23-13-5-7-15-25(23)36(30)43)21-11-3-4-12-22(21)33(40)31-28(19-39)35(42)24-14-6-8-16-26(24)37(31)44/h2-17,32-33H,1H3. The predicted octanol–water partition coefficient (Wildman–Crippen LogP) is 6.40. The molecule has 0 amide bonds. The number of benzene rings is 4. The number of fused-ring (bicyclic) bond motifs is 3. The van der Waals surface area contributed by atoms with Gasteiger partial charge in [-0.1, -0.05) is 91.0 Å². The predicted molar refractivity (Wildman–Crippen MR) is 161 cm³/mol. The Morgan fingerprint density at radius 3 is 1.30 bits per heavy atom. The van der Waals surface area contributed by atoms with Crippen LogP contribution in [0.3, 0.4) is 0 Å². The molecule has 3 aliphatic rings. The lowest BCUT2D eigenvalue weighted by Gasteiger charge is -2.37. The molecule has 0 N–H and O–H groups in total. The second-order valence-electron chi connectivity index (χ2n) is 10.8. The number of ketones is 4. The zero-order chi connectivity index (χ0) is 30.7. The van der Waals surface area contributed by atoms with E-state index in [1.54, 1.807) is 60.7 Å². The molecule has 2 aliphatic carbocycles. The molecule has 4 aromatic rings. The monoisotopic (exact) mass is 571 g/mol. The second-order valence-corrected chi connectivity index (χ2v) is 10.8. The van der Waals surface area contributed by atoms with Gasteiger partial charge >= 0.3 is 0 Å². The zero-order valence-electron chi connectivity index (χ0n) is 23.4. The smallest absolute Gasteiger partial charge is 0.204 e. The summed E-state index contributed by atoms with van der Waals surface area (Å²) in [6.07, 6.45) is 0. The summed E-state index contributed by atoms with van der Waals surface area (Å²) in [4.78, 5) is 57.8. The van der Waals surface area contributed by atoms with Crippen molar-refractivity contribution < 1.29 is 19.2 Å². The Labute approximate surface area is 252 Å². The van der Waals surface area contributed by atoms with E-state index >= 15 is 0 Å². The molecule has 1 heterocycles. The van der Waals surface area contributed by atoms with Crippen LogP contribution in [0.25, 0.3) is 0 Å². The maximum Gasteiger partial charge on any atom is 0.204 e. The highest BCUT2D eigenvalue weighted by Crippen LogP contribution is 2.54. The van der Waals surface area contributed by atoms with E-state index < -0.39 is 35.2 Å². The fourth-order valence-corrected chi connectivity index (χ4v) is 6.71. The number of carbonyl (C=O) groups excluding carboxylic acids is 4. The van der Waals surface area contributed by atoms with Crippen molar-refractivity contribution in [2.24, 2.45) is 0 Å². The van der Waals surface area contributed by atoms with Gasteiger partial charge in [0.1, 0.15) is 23.3 Å². The number of hydrogen-bond donors (Lipinski definition) is 0. The van der Waals surface area contributed by atoms with E-state index in [4.69, 9.17) is 0 Å². The summed E-state index contributed by atoms with van der Waals surface area (Å²) in [7, 11) is 0. The van der Waals surface area contributed by atoms with Gasteiger partial charge in [0.05, 0.1) is 12.1 Å². The molecule has 208 valence electrons. The van der Waals surface area contributed by atoms with E-state index in [9.17, 15) is 29.7 Å². The van der Waals surface area contributed by atoms with Gasteiger partial charge in [-0.3, -0.25) is 19.2 Å². The number of nitrogens with zero attached hydrogens (tertiary/aromatic N) is 3. The number of nitriles is 2. The van der Waals surface area contributed by atoms with Crippen molar-refractivity contribution in [3.8, 4) is 12.1 Å². The molecule has 7 heteroatoms. The van der Waals surface area contributed by atoms with Crippen molar-refractivity contribution in [2.75, 3.05) is 4.90 Å². The SMILES string of the molecule is Cc1ccccc1N1C(C2=C(C#N)C(=O)c3ccccc3C2=O)c2ccccc2C1C1=C(C#N)C(=O)c2ccccc2C1=O. The molecule has 0 radical (unpaired) electrons. The molecule has 7 rings (SSSR count). The quantitative estimate of drug-likeness (QED) is 0.279. The average Bonchev–Trinajstić information content (AvgIpc) is 3.38. The van der Waals surface area contributed by atoms with E-state index in [2.05, 4.69) is 0 Å². The molecule has 0 aromatic heterocycles. The minimum atomic E-state index is -0.982. The third kappa shape index (κ3) is 3.60. The molecule has 0 saturated heterocycles. The lowest BCUT2D eigenvalue weighted by atomic mass is 9.79. The fraction of sp³-hybridized carbons (Fsp3) is 0.0811. The summed E-state index contributed by atoms with van der Waals surface area (Å²) in [5, 5.41) is 20.7. The maximum atomic E-state index is 14.3. The first kappa shape index (κ1) is 26.7. The second kappa shape index (κ2) is 9.97. The minimum absolute atomic E-state index is 0.0107. The lowest BCUT2D eigenvalue weighted by molar-refractivity contribution is 0.0969. The Kier molecular flexibility index (Phi) is 6.05. The first-order valence-electron chi connectivity index (χ1n) is 14.0. The first-order chi connectivity index (χ1) is 21.4. The summed E-state index contributed by atoms with van der Waals surface area (Å²) in [6.45, 7) is 1.87. The van der Waals surface area contributed by atoms with E-state index in [0.29, 0.717) is 16.8 Å². The number of allylic oxidation sites excluding steroid dienone is 2. The van der Waals surface area contributed by atoms with Crippen molar-refractivity contribution in [3.63, 3.8) is 0 Å². The van der Waals surface area contributed by atoms with E-state index in [0.717, 1.165) is 5.56 Å². The van der Waals surface area contributed by atoms with Crippen LogP contribution in [-0.4, -0.2) is 23.1 Å². The summed E-state index contributed by atoms with van der Waals surface area (Å²) in [6, 6.07) is 29.4. The molecule has 0 saturated carbocycles. The van der Waals surface area contributed by atoms with Crippen molar-refractivity contribution in [2.45, 2.75) is 19.0 Å². The van der Waals surface area contributed by atoms with Gasteiger partial charge in [-0.25, -0.2) is 0 Å². The van der Waals surface area contributed by atoms with Crippen LogP contribution < -0.4 is 4.90 Å². The maximum absolute atomic E-state index is 14.3. The first-order valence-corrected chi connectivity index (χ1v) is 14.0. The Morgan fingerprint density at radius 2 is 0.886 bits per heavy atom. The molecule has 1 aliphatic heterocycles. The molecule has 0 spiro atoms. The van der Waals surface area contributed by atoms with Crippen molar-refractivity contribution in [1.82, 2.24) is 0 Å². The van der Waals surface area contributed by atoms with Crippen LogP contribution in [-0.2, 0) is 0 Å². The number of carbonyl (C=O) groups is 4. The van der Waals surface area contributed by atoms with Crippen molar-refractivity contribution >= 4 is 28.8 Å². The van der Waals surface area contributed by atoms with E-state index in [1.807, 2.05) is 48.2 Å². The molecule has 44 heavy (non-hydrogen) atoms. The molecule has 4 aromatic carbocycles. The third-order valence-electron chi connectivity index (χ3n) is 8.62. The highest BCUT2D eigenvalue weighted by molar-refractivity contribution is 6.30. The number of hydrogen-bond acceptors (Lipinski definition) is 7. The molecule has 0 bridgehead atoms. The fourth-order valence-electron chi connectivity index (χ4n) is 6.71. The molecule has 0 fully saturated rings. The molecule has 7 nitrogen and oxygen atoms in total. The number of Topliss-reactive ketones (excluding diaryl/α,β-unsaturated/α-hetero) is 4. The van der Waals surface area contributed by atoms with Gasteiger partial charge in [0.15, 0.2) is 11.6 Å². The van der Waals surface area contributed by atoms with Gasteiger partial charge < -0.3 is 4.90 Å². The number of aryl methyl sites for hydroxylation is 1. The highest BCUT2D eigenvalue weighted by atomic mass is 16.1. The number of rotatable bonds is 3. The van der Waals surface area contributed by atoms with Gasteiger partial charge in [-0.2, -0.15) is 10.5 Å². The van der Waals surface area contributed by atoms with Crippen LogP contribution in [0.5, 0.6) is 0 Å². The average molecular weight is 572 g/mol. The van der Waals surface area contributed by atoms with Crippen LogP contribution in [0, 0.1) is 29.6 Å². The third-order valence-corrected chi connectivity index (χ3v) is 8.62. The topological polar surface area (TPSA) is 119 Å². The van der Waals surface area contributed by atoms with Crippen LogP contribution in [0.15, 0.2) is 119 Å². The van der Waals surface area contributed by atoms with Crippen LogP contribution in [0.2, 0.25) is 0 Å². The van der Waals surface area contributed by atoms with Crippen molar-refractivity contribution in [3.05, 3.63) is 158 Å². The Morgan fingerprint density at radius 1 is 0.523 bits per heavy atom. The van der Waals surface area contributed by atoms with Crippen LogP contribution in [0.1, 0.15) is 70.2 Å². The van der Waals surface area contributed by atoms with Gasteiger partial charge in [0.2, 0.25) is 11.6 Å². The molecule has 2 atom stereocenters. The lowest BCUT2D eigenvalue weighted by Crippen LogP contribution is -2.37. The zero-order valence-corrected chi connectivity index (χ0v) is 23.4. The van der Waals surface area contributed by atoms with Gasteiger partial charge in [-0.15, -0.1) is 0 Å². The highest BCUT2D eigenvalue weighted by Gasteiger charge is 2.50. The Balaban J connectivity index is 1.57. The Bertz CT molecular complexity index is 2030. The van der Waals surface area contributed by atoms with Crippen molar-refractivity contribution in [1.29, 1.82) is 10.5 Å². The summed E-state index contributed by atoms with van der Waals surface area (Å²) >= 11 is 0. The van der Waals surface area contributed by atoms with Crippen LogP contribution in [0.4, 0.5) is 5.69 Å². The normalized spacial score (nSPS) is 18.9. The summed E-state index contributed by atoms with van der Waals surface area (Å²) < 4.78 is 0. The molecular formula is C37H21N3O4. The largest absolute Gasteiger partial charge is 0.349 e. The van der Waals surface area contributed by atoms with Gasteiger partial charge in [-0.05, 0) is 29.7 Å². The van der Waals surface area contributed by atoms with E-state index in [-0.39, 0.29) is 44.5 Å². The van der Waals surface area contributed by atoms with Gasteiger partial charge in [0, 0.05) is 39.1 Å². The van der Waals surface area contributed by atoms with Gasteiger partial charge in [0.25, 0.3) is 0 Å². The summed E-state index contributed by atoms with van der Waals surface area (Å²) in [5.74, 6) is -2.06.